The Morgan fingerprint density at radius 2 is 1.64 bits per heavy atom. The monoisotopic (exact) mass is 295 g/mol. The van der Waals surface area contributed by atoms with Crippen LogP contribution in [-0.2, 0) is 14.3 Å². The molecule has 0 bridgehead atoms. The number of amides is 1. The van der Waals surface area contributed by atoms with Crippen molar-refractivity contribution in [3.8, 4) is 0 Å². The molecule has 4 nitrogen and oxygen atoms in total. The highest BCUT2D eigenvalue weighted by Gasteiger charge is 2.49. The number of β-lactam (4-membered cyclic amide) rings is 1. The second kappa shape index (κ2) is 6.02. The minimum Gasteiger partial charge on any atom is -0.465 e. The SMILES string of the molecule is CC(=O)OC[C@H]1C(=O)N(c2ccccc2)[C@H]1c1ccccc1. The quantitative estimate of drug-likeness (QED) is 0.643. The van der Waals surface area contributed by atoms with Gasteiger partial charge in [-0.2, -0.15) is 0 Å². The molecule has 0 aromatic heterocycles. The summed E-state index contributed by atoms with van der Waals surface area (Å²) >= 11 is 0. The van der Waals surface area contributed by atoms with Gasteiger partial charge in [-0.15, -0.1) is 0 Å². The highest BCUT2D eigenvalue weighted by Crippen LogP contribution is 2.43. The number of carbonyl (C=O) groups is 2. The summed E-state index contributed by atoms with van der Waals surface area (Å²) in [6.45, 7) is 1.48. The van der Waals surface area contributed by atoms with Gasteiger partial charge in [0.2, 0.25) is 5.91 Å². The van der Waals surface area contributed by atoms with Crippen molar-refractivity contribution in [3.05, 3.63) is 66.2 Å². The molecular formula is C18H17NO3. The van der Waals surface area contributed by atoms with Gasteiger partial charge in [0, 0.05) is 12.6 Å². The van der Waals surface area contributed by atoms with Crippen LogP contribution in [0.4, 0.5) is 5.69 Å². The third kappa shape index (κ3) is 2.60. The number of benzene rings is 2. The lowest BCUT2D eigenvalue weighted by atomic mass is 9.82. The number of para-hydroxylation sites is 1. The summed E-state index contributed by atoms with van der Waals surface area (Å²) < 4.78 is 5.07. The molecule has 0 unspecified atom stereocenters. The molecule has 0 aliphatic carbocycles. The number of carbonyl (C=O) groups excluding carboxylic acids is 2. The third-order valence-electron chi connectivity index (χ3n) is 3.86. The fraction of sp³-hybridized carbons (Fsp3) is 0.222. The Labute approximate surface area is 129 Å². The van der Waals surface area contributed by atoms with E-state index in [1.54, 1.807) is 4.90 Å². The van der Waals surface area contributed by atoms with Gasteiger partial charge in [-0.05, 0) is 17.7 Å². The smallest absolute Gasteiger partial charge is 0.302 e. The van der Waals surface area contributed by atoms with E-state index in [-0.39, 0.29) is 30.4 Å². The van der Waals surface area contributed by atoms with Crippen molar-refractivity contribution in [2.24, 2.45) is 5.92 Å². The minimum absolute atomic E-state index is 0.0127. The highest BCUT2D eigenvalue weighted by atomic mass is 16.5. The summed E-state index contributed by atoms with van der Waals surface area (Å²) in [5.74, 6) is -0.703. The van der Waals surface area contributed by atoms with Crippen LogP contribution in [0.5, 0.6) is 0 Å². The maximum absolute atomic E-state index is 12.5. The molecule has 2 aromatic rings. The van der Waals surface area contributed by atoms with E-state index in [9.17, 15) is 9.59 Å². The number of rotatable bonds is 4. The van der Waals surface area contributed by atoms with Crippen LogP contribution in [0.25, 0.3) is 0 Å². The molecule has 1 heterocycles. The van der Waals surface area contributed by atoms with Crippen LogP contribution in [-0.4, -0.2) is 18.5 Å². The molecule has 1 aliphatic heterocycles. The van der Waals surface area contributed by atoms with Crippen LogP contribution in [0, 0.1) is 5.92 Å². The first-order valence-electron chi connectivity index (χ1n) is 7.25. The first kappa shape index (κ1) is 14.3. The van der Waals surface area contributed by atoms with Gasteiger partial charge in [0.1, 0.15) is 6.61 Å². The number of ether oxygens (including phenoxy) is 1. The van der Waals surface area contributed by atoms with Crippen molar-refractivity contribution < 1.29 is 14.3 Å². The topological polar surface area (TPSA) is 46.6 Å². The van der Waals surface area contributed by atoms with Gasteiger partial charge in [0.25, 0.3) is 0 Å². The molecule has 3 rings (SSSR count). The number of esters is 1. The minimum atomic E-state index is -0.363. The fourth-order valence-corrected chi connectivity index (χ4v) is 2.83. The van der Waals surface area contributed by atoms with Gasteiger partial charge in [0.05, 0.1) is 12.0 Å². The lowest BCUT2D eigenvalue weighted by molar-refractivity contribution is -0.146. The van der Waals surface area contributed by atoms with E-state index in [0.717, 1.165) is 11.3 Å². The molecule has 1 saturated heterocycles. The standard InChI is InChI=1S/C18H17NO3/c1-13(20)22-12-16-17(14-8-4-2-5-9-14)19(18(16)21)15-10-6-3-7-11-15/h2-11,16-17H,12H2,1H3/t16-,17+/m1/s1. The Kier molecular flexibility index (Phi) is 3.92. The van der Waals surface area contributed by atoms with Gasteiger partial charge in [-0.3, -0.25) is 9.59 Å². The van der Waals surface area contributed by atoms with Gasteiger partial charge in [0.15, 0.2) is 0 Å². The number of nitrogens with zero attached hydrogens (tertiary/aromatic N) is 1. The average molecular weight is 295 g/mol. The van der Waals surface area contributed by atoms with E-state index in [0.29, 0.717) is 0 Å². The van der Waals surface area contributed by atoms with Gasteiger partial charge >= 0.3 is 5.97 Å². The van der Waals surface area contributed by atoms with Crippen LogP contribution in [0.3, 0.4) is 0 Å². The third-order valence-corrected chi connectivity index (χ3v) is 3.86. The average Bonchev–Trinajstić information content (AvgIpc) is 2.54. The molecule has 2 aromatic carbocycles. The molecule has 112 valence electrons. The van der Waals surface area contributed by atoms with E-state index in [1.165, 1.54) is 6.92 Å². The zero-order valence-electron chi connectivity index (χ0n) is 12.3. The van der Waals surface area contributed by atoms with Crippen LogP contribution >= 0.6 is 0 Å². The van der Waals surface area contributed by atoms with Crippen molar-refractivity contribution in [1.29, 1.82) is 0 Å². The Morgan fingerprint density at radius 1 is 1.05 bits per heavy atom. The highest BCUT2D eigenvalue weighted by molar-refractivity contribution is 6.03. The zero-order chi connectivity index (χ0) is 15.5. The molecule has 0 spiro atoms. The van der Waals surface area contributed by atoms with Gasteiger partial charge in [-0.25, -0.2) is 0 Å². The predicted octanol–water partition coefficient (Wildman–Crippen LogP) is 2.95. The lowest BCUT2D eigenvalue weighted by Gasteiger charge is -2.47. The molecule has 0 saturated carbocycles. The molecule has 0 N–H and O–H groups in total. The molecule has 22 heavy (non-hydrogen) atoms. The van der Waals surface area contributed by atoms with Crippen molar-refractivity contribution in [2.75, 3.05) is 11.5 Å². The van der Waals surface area contributed by atoms with Crippen LogP contribution in [0.15, 0.2) is 60.7 Å². The second-order valence-corrected chi connectivity index (χ2v) is 5.31. The van der Waals surface area contributed by atoms with Crippen LogP contribution in [0.2, 0.25) is 0 Å². The zero-order valence-corrected chi connectivity index (χ0v) is 12.3. The Balaban J connectivity index is 1.90. The van der Waals surface area contributed by atoms with E-state index in [1.807, 2.05) is 60.7 Å². The van der Waals surface area contributed by atoms with Crippen molar-refractivity contribution in [2.45, 2.75) is 13.0 Å². The molecule has 1 fully saturated rings. The summed E-state index contributed by atoms with van der Waals surface area (Å²) in [4.78, 5) is 25.3. The lowest BCUT2D eigenvalue weighted by Crippen LogP contribution is -2.57. The largest absolute Gasteiger partial charge is 0.465 e. The van der Waals surface area contributed by atoms with Crippen molar-refractivity contribution in [1.82, 2.24) is 0 Å². The van der Waals surface area contributed by atoms with Gasteiger partial charge in [-0.1, -0.05) is 48.5 Å². The predicted molar refractivity (Wildman–Crippen MR) is 83.2 cm³/mol. The molecule has 1 amide bonds. The van der Waals surface area contributed by atoms with Crippen molar-refractivity contribution >= 4 is 17.6 Å². The Bertz CT molecular complexity index is 669. The molecule has 2 atom stereocenters. The maximum Gasteiger partial charge on any atom is 0.302 e. The summed E-state index contributed by atoms with van der Waals surface area (Å²) in [5, 5.41) is 0. The number of hydrogen-bond donors (Lipinski definition) is 0. The second-order valence-electron chi connectivity index (χ2n) is 5.31. The summed E-state index contributed by atoms with van der Waals surface area (Å²) in [7, 11) is 0. The molecular weight excluding hydrogens is 278 g/mol. The van der Waals surface area contributed by atoms with E-state index in [2.05, 4.69) is 0 Å². The summed E-state index contributed by atoms with van der Waals surface area (Å²) in [6.07, 6.45) is 0. The van der Waals surface area contributed by atoms with Crippen LogP contribution < -0.4 is 4.90 Å². The molecule has 4 heteroatoms. The molecule has 1 aliphatic rings. The van der Waals surface area contributed by atoms with E-state index < -0.39 is 0 Å². The fourth-order valence-electron chi connectivity index (χ4n) is 2.83. The Morgan fingerprint density at radius 3 is 2.23 bits per heavy atom. The van der Waals surface area contributed by atoms with Gasteiger partial charge < -0.3 is 9.64 Å². The van der Waals surface area contributed by atoms with E-state index >= 15 is 0 Å². The van der Waals surface area contributed by atoms with Crippen LogP contribution in [0.1, 0.15) is 18.5 Å². The normalized spacial score (nSPS) is 20.4. The molecule has 0 radical (unpaired) electrons. The summed E-state index contributed by atoms with van der Waals surface area (Å²) in [6, 6.07) is 19.3. The first-order chi connectivity index (χ1) is 10.7. The first-order valence-corrected chi connectivity index (χ1v) is 7.25. The summed E-state index contributed by atoms with van der Waals surface area (Å²) in [5.41, 5.74) is 1.91. The maximum atomic E-state index is 12.5. The van der Waals surface area contributed by atoms with Crippen molar-refractivity contribution in [3.63, 3.8) is 0 Å². The van der Waals surface area contributed by atoms with E-state index in [4.69, 9.17) is 4.74 Å². The Hall–Kier alpha value is -2.62. The number of anilines is 1. The number of hydrogen-bond acceptors (Lipinski definition) is 3.